The van der Waals surface area contributed by atoms with Crippen molar-refractivity contribution in [2.24, 2.45) is 5.73 Å². The van der Waals surface area contributed by atoms with Gasteiger partial charge in [-0.2, -0.15) is 0 Å². The third kappa shape index (κ3) is 2.18. The van der Waals surface area contributed by atoms with Crippen molar-refractivity contribution in [1.82, 2.24) is 0 Å². The van der Waals surface area contributed by atoms with Crippen molar-refractivity contribution in [3.05, 3.63) is 57.8 Å². The number of anilines is 2. The van der Waals surface area contributed by atoms with Gasteiger partial charge in [-0.1, -0.05) is 6.07 Å². The molecule has 102 valence electrons. The molecule has 0 saturated heterocycles. The zero-order chi connectivity index (χ0) is 14.3. The van der Waals surface area contributed by atoms with Crippen LogP contribution in [0.3, 0.4) is 0 Å². The van der Waals surface area contributed by atoms with Gasteiger partial charge >= 0.3 is 0 Å². The van der Waals surface area contributed by atoms with Crippen molar-refractivity contribution in [2.75, 3.05) is 11.4 Å². The van der Waals surface area contributed by atoms with E-state index in [-0.39, 0.29) is 11.7 Å². The van der Waals surface area contributed by atoms with Gasteiger partial charge in [-0.25, -0.2) is 4.39 Å². The average molecular weight is 334 g/mol. The van der Waals surface area contributed by atoms with Gasteiger partial charge < -0.3 is 10.6 Å². The highest BCUT2D eigenvalue weighted by Gasteiger charge is 2.21. The summed E-state index contributed by atoms with van der Waals surface area (Å²) in [7, 11) is 0. The maximum Gasteiger partial charge on any atom is 0.125 e. The quantitative estimate of drug-likeness (QED) is 0.652. The van der Waals surface area contributed by atoms with Gasteiger partial charge in [-0.15, -0.1) is 0 Å². The highest BCUT2D eigenvalue weighted by Crippen LogP contribution is 2.36. The van der Waals surface area contributed by atoms with E-state index >= 15 is 0 Å². The van der Waals surface area contributed by atoms with Gasteiger partial charge in [0, 0.05) is 28.0 Å². The van der Waals surface area contributed by atoms with Gasteiger partial charge in [0.15, 0.2) is 0 Å². The number of hydrogen-bond donors (Lipinski definition) is 2. The first-order valence-electron chi connectivity index (χ1n) is 6.26. The molecule has 0 fully saturated rings. The molecule has 3 rings (SSSR count). The highest BCUT2D eigenvalue weighted by molar-refractivity contribution is 9.10. The largest absolute Gasteiger partial charge is 0.384 e. The summed E-state index contributed by atoms with van der Waals surface area (Å²) in [6, 6.07) is 10.5. The van der Waals surface area contributed by atoms with E-state index in [0.29, 0.717) is 5.56 Å². The molecule has 0 bridgehead atoms. The van der Waals surface area contributed by atoms with Crippen LogP contribution in [0.15, 0.2) is 40.9 Å². The summed E-state index contributed by atoms with van der Waals surface area (Å²) in [5, 5.41) is 7.49. The van der Waals surface area contributed by atoms with E-state index in [9.17, 15) is 4.39 Å². The van der Waals surface area contributed by atoms with Gasteiger partial charge in [-0.05, 0) is 58.2 Å². The third-order valence-corrected chi connectivity index (χ3v) is 4.15. The van der Waals surface area contributed by atoms with Crippen LogP contribution in [0.2, 0.25) is 0 Å². The minimum atomic E-state index is -0.227. The number of rotatable bonds is 2. The lowest BCUT2D eigenvalue weighted by Crippen LogP contribution is -2.15. The second-order valence-corrected chi connectivity index (χ2v) is 5.61. The van der Waals surface area contributed by atoms with E-state index in [1.807, 2.05) is 18.2 Å². The van der Waals surface area contributed by atoms with Crippen LogP contribution < -0.4 is 10.6 Å². The fraction of sp³-hybridized carbons (Fsp3) is 0.133. The van der Waals surface area contributed by atoms with Crippen LogP contribution in [0.4, 0.5) is 15.8 Å². The van der Waals surface area contributed by atoms with Crippen molar-refractivity contribution >= 4 is 33.1 Å². The molecule has 0 radical (unpaired) electrons. The number of fused-ring (bicyclic) bond motifs is 1. The minimum absolute atomic E-state index is 0.0243. The van der Waals surface area contributed by atoms with Crippen molar-refractivity contribution in [2.45, 2.75) is 6.42 Å². The maximum absolute atomic E-state index is 13.4. The topological polar surface area (TPSA) is 53.1 Å². The smallest absolute Gasteiger partial charge is 0.125 e. The number of nitrogen functional groups attached to an aromatic ring is 1. The number of benzene rings is 2. The van der Waals surface area contributed by atoms with Crippen LogP contribution in [0, 0.1) is 11.2 Å². The molecule has 2 aromatic rings. The maximum atomic E-state index is 13.4. The third-order valence-electron chi connectivity index (χ3n) is 3.50. The second kappa shape index (κ2) is 4.90. The van der Waals surface area contributed by atoms with Crippen LogP contribution in [0.25, 0.3) is 0 Å². The predicted molar refractivity (Wildman–Crippen MR) is 82.3 cm³/mol. The first-order valence-corrected chi connectivity index (χ1v) is 7.05. The Bertz CT molecular complexity index is 700. The molecule has 0 spiro atoms. The van der Waals surface area contributed by atoms with Crippen molar-refractivity contribution in [3.63, 3.8) is 0 Å². The molecule has 20 heavy (non-hydrogen) atoms. The number of halogens is 2. The molecule has 3 nitrogen and oxygen atoms in total. The van der Waals surface area contributed by atoms with Gasteiger partial charge in [0.05, 0.1) is 0 Å². The van der Waals surface area contributed by atoms with Crippen LogP contribution in [-0.4, -0.2) is 12.4 Å². The summed E-state index contributed by atoms with van der Waals surface area (Å²) < 4.78 is 14.2. The molecule has 0 aliphatic carbocycles. The summed E-state index contributed by atoms with van der Waals surface area (Å²) in [5.41, 5.74) is 9.19. The van der Waals surface area contributed by atoms with Gasteiger partial charge in [0.1, 0.15) is 11.7 Å². The molecule has 1 aliphatic rings. The number of hydrogen-bond acceptors (Lipinski definition) is 2. The van der Waals surface area contributed by atoms with Crippen molar-refractivity contribution in [1.29, 1.82) is 5.41 Å². The average Bonchev–Trinajstić information content (AvgIpc) is 2.81. The Morgan fingerprint density at radius 3 is 2.75 bits per heavy atom. The minimum Gasteiger partial charge on any atom is -0.384 e. The molecule has 2 aromatic carbocycles. The SMILES string of the molecule is N=C(N)c1ccc(N2CCc3ccc(F)cc32)cc1Br. The Labute approximate surface area is 124 Å². The molecule has 5 heteroatoms. The second-order valence-electron chi connectivity index (χ2n) is 4.75. The van der Waals surface area contributed by atoms with E-state index in [0.717, 1.165) is 34.4 Å². The standard InChI is InChI=1S/C15H13BrFN3/c16-13-8-11(3-4-12(13)15(18)19)20-6-5-9-1-2-10(17)7-14(9)20/h1-4,7-8H,5-6H2,(H3,18,19). The van der Waals surface area contributed by atoms with E-state index in [1.54, 1.807) is 12.1 Å². The molecule has 0 saturated carbocycles. The lowest BCUT2D eigenvalue weighted by molar-refractivity contribution is 0.628. The molecule has 0 aromatic heterocycles. The molecule has 0 amide bonds. The van der Waals surface area contributed by atoms with Crippen LogP contribution >= 0.6 is 15.9 Å². The Morgan fingerprint density at radius 2 is 2.05 bits per heavy atom. The zero-order valence-electron chi connectivity index (χ0n) is 10.7. The highest BCUT2D eigenvalue weighted by atomic mass is 79.9. The summed E-state index contributed by atoms with van der Waals surface area (Å²) in [6.45, 7) is 0.824. The van der Waals surface area contributed by atoms with Gasteiger partial charge in [0.2, 0.25) is 0 Å². The summed E-state index contributed by atoms with van der Waals surface area (Å²) in [4.78, 5) is 2.08. The number of amidine groups is 1. The van der Waals surface area contributed by atoms with Crippen molar-refractivity contribution < 1.29 is 4.39 Å². The molecular weight excluding hydrogens is 321 g/mol. The van der Waals surface area contributed by atoms with Gasteiger partial charge in [0.25, 0.3) is 0 Å². The number of nitrogens with two attached hydrogens (primary N) is 1. The van der Waals surface area contributed by atoms with E-state index in [2.05, 4.69) is 20.8 Å². The van der Waals surface area contributed by atoms with Crippen LogP contribution in [0.5, 0.6) is 0 Å². The van der Waals surface area contributed by atoms with Gasteiger partial charge in [-0.3, -0.25) is 5.41 Å². The monoisotopic (exact) mass is 333 g/mol. The Balaban J connectivity index is 2.02. The summed E-state index contributed by atoms with van der Waals surface area (Å²) >= 11 is 3.43. The Morgan fingerprint density at radius 1 is 1.25 bits per heavy atom. The summed E-state index contributed by atoms with van der Waals surface area (Å²) in [5.74, 6) is -0.202. The lowest BCUT2D eigenvalue weighted by Gasteiger charge is -2.20. The van der Waals surface area contributed by atoms with Crippen molar-refractivity contribution in [3.8, 4) is 0 Å². The van der Waals surface area contributed by atoms with E-state index in [1.165, 1.54) is 6.07 Å². The molecular formula is C15H13BrFN3. The van der Waals surface area contributed by atoms with E-state index < -0.39 is 0 Å². The molecule has 0 unspecified atom stereocenters. The zero-order valence-corrected chi connectivity index (χ0v) is 12.2. The van der Waals surface area contributed by atoms with E-state index in [4.69, 9.17) is 11.1 Å². The number of nitrogens with one attached hydrogen (secondary N) is 1. The Hall–Kier alpha value is -1.88. The fourth-order valence-electron chi connectivity index (χ4n) is 2.51. The molecule has 1 aliphatic heterocycles. The first kappa shape index (κ1) is 13.1. The van der Waals surface area contributed by atoms with Crippen LogP contribution in [-0.2, 0) is 6.42 Å². The molecule has 3 N–H and O–H groups in total. The molecule has 1 heterocycles. The van der Waals surface area contributed by atoms with Crippen LogP contribution in [0.1, 0.15) is 11.1 Å². The first-order chi connectivity index (χ1) is 9.56. The number of nitrogens with zero attached hydrogens (tertiary/aromatic N) is 1. The summed E-state index contributed by atoms with van der Waals surface area (Å²) in [6.07, 6.45) is 0.904. The normalized spacial score (nSPS) is 13.4. The molecule has 0 atom stereocenters. The fourth-order valence-corrected chi connectivity index (χ4v) is 3.09. The predicted octanol–water partition coefficient (Wildman–Crippen LogP) is 3.57. The Kier molecular flexibility index (Phi) is 3.22. The lowest BCUT2D eigenvalue weighted by atomic mass is 10.1.